The zero-order chi connectivity index (χ0) is 12.1. The van der Waals surface area contributed by atoms with Crippen LogP contribution >= 0.6 is 0 Å². The molecule has 2 rings (SSSR count). The summed E-state index contributed by atoms with van der Waals surface area (Å²) >= 11 is 0. The van der Waals surface area contributed by atoms with Gasteiger partial charge in [-0.3, -0.25) is 0 Å². The van der Waals surface area contributed by atoms with Gasteiger partial charge in [0.05, 0.1) is 0 Å². The molecule has 1 aromatic heterocycles. The number of rotatable bonds is 7. The molecule has 0 unspecified atom stereocenters. The molecular weight excluding hydrogens is 210 g/mol. The molecule has 1 fully saturated rings. The lowest BCUT2D eigenvalue weighted by Crippen LogP contribution is -2.16. The van der Waals surface area contributed by atoms with Crippen LogP contribution in [0.3, 0.4) is 0 Å². The Kier molecular flexibility index (Phi) is 4.37. The number of imidazole rings is 1. The Morgan fingerprint density at radius 1 is 1.59 bits per heavy atom. The largest absolute Gasteiger partial charge is 0.335 e. The zero-order valence-corrected chi connectivity index (χ0v) is 10.9. The Bertz CT molecular complexity index is 375. The van der Waals surface area contributed by atoms with Crippen LogP contribution in [-0.2, 0) is 13.0 Å². The van der Waals surface area contributed by atoms with Crippen molar-refractivity contribution in [2.45, 2.75) is 52.1 Å². The van der Waals surface area contributed by atoms with Crippen LogP contribution in [0, 0.1) is 0 Å². The van der Waals surface area contributed by atoms with Gasteiger partial charge in [-0.05, 0) is 39.7 Å². The Hall–Kier alpha value is -1.09. The molecule has 94 valence electrons. The summed E-state index contributed by atoms with van der Waals surface area (Å²) in [7, 11) is 0. The molecule has 3 heteroatoms. The number of hydrogen-bond acceptors (Lipinski definition) is 2. The summed E-state index contributed by atoms with van der Waals surface area (Å²) in [6.07, 6.45) is 11.1. The highest BCUT2D eigenvalue weighted by Gasteiger charge is 2.19. The lowest BCUT2D eigenvalue weighted by Gasteiger charge is -2.05. The van der Waals surface area contributed by atoms with Gasteiger partial charge in [-0.15, -0.1) is 0 Å². The van der Waals surface area contributed by atoms with Crippen LogP contribution < -0.4 is 5.32 Å². The smallest absolute Gasteiger partial charge is 0.112 e. The lowest BCUT2D eigenvalue weighted by molar-refractivity contribution is 0.685. The number of nitrogens with zero attached hydrogens (tertiary/aromatic N) is 2. The van der Waals surface area contributed by atoms with Gasteiger partial charge in [0, 0.05) is 31.4 Å². The number of allylic oxidation sites excluding steroid dienone is 1. The standard InChI is InChI=1S/C14H23N3/c1-3-17-10-9-16-14(17)11-12(2)5-4-8-15-13-6-7-13/h5,9-10,13,15H,3-4,6-8,11H2,1-2H3. The normalized spacial score (nSPS) is 16.5. The van der Waals surface area contributed by atoms with Gasteiger partial charge >= 0.3 is 0 Å². The molecule has 0 aliphatic heterocycles. The van der Waals surface area contributed by atoms with Gasteiger partial charge in [0.1, 0.15) is 5.82 Å². The first-order valence-corrected chi connectivity index (χ1v) is 6.68. The van der Waals surface area contributed by atoms with Crippen LogP contribution in [0.1, 0.15) is 38.9 Å². The second-order valence-corrected chi connectivity index (χ2v) is 4.87. The Morgan fingerprint density at radius 2 is 2.41 bits per heavy atom. The van der Waals surface area contributed by atoms with Crippen molar-refractivity contribution in [1.29, 1.82) is 0 Å². The highest BCUT2D eigenvalue weighted by atomic mass is 15.0. The minimum absolute atomic E-state index is 0.822. The van der Waals surface area contributed by atoms with Gasteiger partial charge in [0.15, 0.2) is 0 Å². The lowest BCUT2D eigenvalue weighted by atomic mass is 10.1. The summed E-state index contributed by atoms with van der Waals surface area (Å²) in [6, 6.07) is 0.822. The topological polar surface area (TPSA) is 29.9 Å². The van der Waals surface area contributed by atoms with E-state index >= 15 is 0 Å². The quantitative estimate of drug-likeness (QED) is 0.579. The molecule has 1 aliphatic rings. The van der Waals surface area contributed by atoms with Crippen molar-refractivity contribution in [1.82, 2.24) is 14.9 Å². The fourth-order valence-corrected chi connectivity index (χ4v) is 2.01. The molecular formula is C14H23N3. The predicted molar refractivity (Wildman–Crippen MR) is 71.0 cm³/mol. The van der Waals surface area contributed by atoms with Gasteiger partial charge in [-0.25, -0.2) is 4.98 Å². The van der Waals surface area contributed by atoms with Gasteiger partial charge < -0.3 is 9.88 Å². The van der Waals surface area contributed by atoms with E-state index in [4.69, 9.17) is 0 Å². The highest BCUT2D eigenvalue weighted by molar-refractivity contribution is 5.08. The summed E-state index contributed by atoms with van der Waals surface area (Å²) in [6.45, 7) is 6.48. The fourth-order valence-electron chi connectivity index (χ4n) is 2.01. The summed E-state index contributed by atoms with van der Waals surface area (Å²) in [5.74, 6) is 1.18. The van der Waals surface area contributed by atoms with Crippen molar-refractivity contribution in [2.24, 2.45) is 0 Å². The van der Waals surface area contributed by atoms with E-state index in [0.717, 1.165) is 32.0 Å². The third-order valence-corrected chi connectivity index (χ3v) is 3.23. The predicted octanol–water partition coefficient (Wildman–Crippen LogP) is 2.53. The van der Waals surface area contributed by atoms with Crippen LogP contribution in [-0.4, -0.2) is 22.1 Å². The van der Waals surface area contributed by atoms with Crippen molar-refractivity contribution in [2.75, 3.05) is 6.54 Å². The molecule has 0 spiro atoms. The average molecular weight is 233 g/mol. The summed E-state index contributed by atoms with van der Waals surface area (Å²) < 4.78 is 2.21. The third kappa shape index (κ3) is 4.00. The maximum atomic E-state index is 4.40. The van der Waals surface area contributed by atoms with Gasteiger partial charge in [0.25, 0.3) is 0 Å². The molecule has 1 heterocycles. The number of aromatic nitrogens is 2. The van der Waals surface area contributed by atoms with Gasteiger partial charge in [0.2, 0.25) is 0 Å². The van der Waals surface area contributed by atoms with Crippen LogP contribution in [0.25, 0.3) is 0 Å². The Labute approximate surface area is 104 Å². The van der Waals surface area contributed by atoms with Crippen molar-refractivity contribution >= 4 is 0 Å². The molecule has 1 aliphatic carbocycles. The SMILES string of the molecule is CCn1ccnc1CC(C)=CCCNC1CC1. The Morgan fingerprint density at radius 3 is 3.12 bits per heavy atom. The fraction of sp³-hybridized carbons (Fsp3) is 0.643. The van der Waals surface area contributed by atoms with Crippen molar-refractivity contribution < 1.29 is 0 Å². The molecule has 1 saturated carbocycles. The van der Waals surface area contributed by atoms with E-state index in [1.54, 1.807) is 0 Å². The minimum Gasteiger partial charge on any atom is -0.335 e. The van der Waals surface area contributed by atoms with Gasteiger partial charge in [-0.2, -0.15) is 0 Å². The van der Waals surface area contributed by atoms with Crippen LogP contribution in [0.4, 0.5) is 0 Å². The third-order valence-electron chi connectivity index (χ3n) is 3.23. The van der Waals surface area contributed by atoms with Crippen LogP contribution in [0.15, 0.2) is 24.0 Å². The second kappa shape index (κ2) is 6.01. The van der Waals surface area contributed by atoms with E-state index < -0.39 is 0 Å². The second-order valence-electron chi connectivity index (χ2n) is 4.87. The van der Waals surface area contributed by atoms with Gasteiger partial charge in [-0.1, -0.05) is 11.6 Å². The van der Waals surface area contributed by atoms with E-state index in [1.165, 1.54) is 24.2 Å². The summed E-state index contributed by atoms with van der Waals surface area (Å²) in [5.41, 5.74) is 1.42. The molecule has 1 N–H and O–H groups in total. The molecule has 0 amide bonds. The van der Waals surface area contributed by atoms with E-state index in [9.17, 15) is 0 Å². The Balaban J connectivity index is 1.74. The van der Waals surface area contributed by atoms with Crippen LogP contribution in [0.2, 0.25) is 0 Å². The molecule has 0 bridgehead atoms. The van der Waals surface area contributed by atoms with E-state index in [2.05, 4.69) is 41.0 Å². The molecule has 1 aromatic rings. The number of hydrogen-bond donors (Lipinski definition) is 1. The summed E-state index contributed by atoms with van der Waals surface area (Å²) in [5, 5.41) is 3.53. The van der Waals surface area contributed by atoms with Crippen molar-refractivity contribution in [3.05, 3.63) is 29.9 Å². The highest BCUT2D eigenvalue weighted by Crippen LogP contribution is 2.18. The van der Waals surface area contributed by atoms with Crippen molar-refractivity contribution in [3.8, 4) is 0 Å². The maximum absolute atomic E-state index is 4.40. The van der Waals surface area contributed by atoms with E-state index in [-0.39, 0.29) is 0 Å². The van der Waals surface area contributed by atoms with Crippen molar-refractivity contribution in [3.63, 3.8) is 0 Å². The maximum Gasteiger partial charge on any atom is 0.112 e. The first-order chi connectivity index (χ1) is 8.29. The molecule has 17 heavy (non-hydrogen) atoms. The van der Waals surface area contributed by atoms with E-state index in [1.807, 2.05) is 6.20 Å². The molecule has 3 nitrogen and oxygen atoms in total. The zero-order valence-electron chi connectivity index (χ0n) is 10.9. The first-order valence-electron chi connectivity index (χ1n) is 6.68. The first kappa shape index (κ1) is 12.4. The molecule has 0 atom stereocenters. The van der Waals surface area contributed by atoms with Crippen LogP contribution in [0.5, 0.6) is 0 Å². The molecule has 0 saturated heterocycles. The monoisotopic (exact) mass is 233 g/mol. The minimum atomic E-state index is 0.822. The number of aryl methyl sites for hydroxylation is 1. The number of nitrogens with one attached hydrogen (secondary N) is 1. The van der Waals surface area contributed by atoms with E-state index in [0.29, 0.717) is 0 Å². The summed E-state index contributed by atoms with van der Waals surface area (Å²) in [4.78, 5) is 4.40. The molecule has 0 radical (unpaired) electrons. The molecule has 0 aromatic carbocycles. The average Bonchev–Trinajstić information content (AvgIpc) is 3.04.